The predicted molar refractivity (Wildman–Crippen MR) is 90.5 cm³/mol. The fraction of sp³-hybridized carbons (Fsp3) is 0.562. The molecule has 3 rings (SSSR count). The number of amides is 2. The highest BCUT2D eigenvalue weighted by atomic mass is 16.2. The van der Waals surface area contributed by atoms with Crippen molar-refractivity contribution >= 4 is 22.8 Å². The highest BCUT2D eigenvalue weighted by Crippen LogP contribution is 2.19. The molecule has 7 nitrogen and oxygen atoms in total. The van der Waals surface area contributed by atoms with Crippen LogP contribution in [0.5, 0.6) is 0 Å². The second kappa shape index (κ2) is 6.54. The van der Waals surface area contributed by atoms with Gasteiger partial charge >= 0.3 is 6.03 Å². The van der Waals surface area contributed by atoms with Crippen LogP contribution in [0.4, 0.5) is 10.5 Å². The first-order valence-corrected chi connectivity index (χ1v) is 8.13. The van der Waals surface area contributed by atoms with E-state index in [-0.39, 0.29) is 6.03 Å². The van der Waals surface area contributed by atoms with Gasteiger partial charge in [0.15, 0.2) is 5.65 Å². The van der Waals surface area contributed by atoms with E-state index in [4.69, 9.17) is 0 Å². The van der Waals surface area contributed by atoms with Crippen LogP contribution < -0.4 is 10.6 Å². The molecule has 0 unspecified atom stereocenters. The molecule has 3 heterocycles. The Hall–Kier alpha value is -2.15. The van der Waals surface area contributed by atoms with Gasteiger partial charge in [-0.05, 0) is 38.4 Å². The predicted octanol–water partition coefficient (Wildman–Crippen LogP) is 1.74. The average molecular weight is 316 g/mol. The Kier molecular flexibility index (Phi) is 4.47. The van der Waals surface area contributed by atoms with Crippen molar-refractivity contribution in [2.24, 2.45) is 13.0 Å². The van der Waals surface area contributed by atoms with Crippen molar-refractivity contribution in [3.8, 4) is 0 Å². The van der Waals surface area contributed by atoms with Gasteiger partial charge in [-0.25, -0.2) is 9.78 Å². The lowest BCUT2D eigenvalue weighted by atomic mass is 10.1. The molecule has 2 N–H and O–H groups in total. The van der Waals surface area contributed by atoms with Gasteiger partial charge in [0.2, 0.25) is 0 Å². The van der Waals surface area contributed by atoms with Gasteiger partial charge in [-0.1, -0.05) is 6.92 Å². The first-order valence-electron chi connectivity index (χ1n) is 8.13. The molecule has 1 atom stereocenters. The van der Waals surface area contributed by atoms with E-state index in [0.29, 0.717) is 18.2 Å². The van der Waals surface area contributed by atoms with E-state index < -0.39 is 0 Å². The third kappa shape index (κ3) is 3.44. The van der Waals surface area contributed by atoms with E-state index in [2.05, 4.69) is 32.5 Å². The number of aromatic nitrogens is 3. The van der Waals surface area contributed by atoms with Crippen molar-refractivity contribution < 1.29 is 4.79 Å². The fourth-order valence-corrected chi connectivity index (χ4v) is 3.16. The van der Waals surface area contributed by atoms with Gasteiger partial charge in [0.25, 0.3) is 0 Å². The maximum Gasteiger partial charge on any atom is 0.319 e. The lowest BCUT2D eigenvalue weighted by Gasteiger charge is -2.14. The summed E-state index contributed by atoms with van der Waals surface area (Å²) in [7, 11) is 1.86. The summed E-state index contributed by atoms with van der Waals surface area (Å²) >= 11 is 0. The Morgan fingerprint density at radius 3 is 3.04 bits per heavy atom. The zero-order chi connectivity index (χ0) is 16.4. The topological polar surface area (TPSA) is 75.1 Å². The smallest absolute Gasteiger partial charge is 0.319 e. The van der Waals surface area contributed by atoms with Gasteiger partial charge in [0, 0.05) is 25.5 Å². The minimum Gasteiger partial charge on any atom is -0.338 e. The Morgan fingerprint density at radius 1 is 1.48 bits per heavy atom. The largest absolute Gasteiger partial charge is 0.338 e. The van der Waals surface area contributed by atoms with Crippen molar-refractivity contribution in [1.29, 1.82) is 0 Å². The summed E-state index contributed by atoms with van der Waals surface area (Å²) < 4.78 is 1.74. The number of nitrogens with zero attached hydrogens (tertiary/aromatic N) is 4. The molecule has 1 saturated heterocycles. The first-order chi connectivity index (χ1) is 11.1. The Labute approximate surface area is 136 Å². The minimum atomic E-state index is -0.178. The SMILES string of the molecule is CCN1CC[C@@H](CNC(=O)Nc2cnc3c(c2)c(C)nn3C)C1. The molecule has 0 bridgehead atoms. The van der Waals surface area contributed by atoms with Gasteiger partial charge in [-0.3, -0.25) is 4.68 Å². The molecule has 0 saturated carbocycles. The average Bonchev–Trinajstić information content (AvgIpc) is 3.10. The van der Waals surface area contributed by atoms with Crippen LogP contribution in [0.2, 0.25) is 0 Å². The number of aryl methyl sites for hydroxylation is 2. The van der Waals surface area contributed by atoms with Crippen molar-refractivity contribution in [2.45, 2.75) is 20.3 Å². The molecule has 1 aliphatic rings. The van der Waals surface area contributed by atoms with Crippen LogP contribution in [-0.2, 0) is 7.05 Å². The fourth-order valence-electron chi connectivity index (χ4n) is 3.16. The third-order valence-corrected chi connectivity index (χ3v) is 4.49. The molecular formula is C16H24N6O. The number of urea groups is 1. The summed E-state index contributed by atoms with van der Waals surface area (Å²) in [5.41, 5.74) is 2.41. The van der Waals surface area contributed by atoms with Crippen LogP contribution in [0.3, 0.4) is 0 Å². The number of hydrogen-bond acceptors (Lipinski definition) is 4. The highest BCUT2D eigenvalue weighted by molar-refractivity contribution is 5.92. The number of anilines is 1. The molecule has 23 heavy (non-hydrogen) atoms. The summed E-state index contributed by atoms with van der Waals surface area (Å²) in [6.07, 6.45) is 2.81. The number of carbonyl (C=O) groups is 1. The maximum atomic E-state index is 12.1. The van der Waals surface area contributed by atoms with Crippen molar-refractivity contribution in [2.75, 3.05) is 31.5 Å². The molecule has 124 valence electrons. The molecule has 7 heteroatoms. The Bertz CT molecular complexity index is 710. The summed E-state index contributed by atoms with van der Waals surface area (Å²) in [4.78, 5) is 18.8. The van der Waals surface area contributed by atoms with Crippen LogP contribution >= 0.6 is 0 Å². The lowest BCUT2D eigenvalue weighted by Crippen LogP contribution is -2.34. The van der Waals surface area contributed by atoms with Crippen molar-refractivity contribution in [1.82, 2.24) is 25.0 Å². The normalized spacial score (nSPS) is 18.5. The van der Waals surface area contributed by atoms with E-state index >= 15 is 0 Å². The number of fused-ring (bicyclic) bond motifs is 1. The molecule has 0 spiro atoms. The molecule has 2 aromatic heterocycles. The monoisotopic (exact) mass is 316 g/mol. The quantitative estimate of drug-likeness (QED) is 0.901. The van der Waals surface area contributed by atoms with E-state index in [1.54, 1.807) is 10.9 Å². The Morgan fingerprint density at radius 2 is 2.30 bits per heavy atom. The second-order valence-corrected chi connectivity index (χ2v) is 6.19. The molecule has 2 aromatic rings. The lowest BCUT2D eigenvalue weighted by molar-refractivity contribution is 0.250. The molecule has 0 aliphatic carbocycles. The molecule has 0 radical (unpaired) electrons. The first kappa shape index (κ1) is 15.7. The Balaban J connectivity index is 1.56. The van der Waals surface area contributed by atoms with Crippen LogP contribution in [0.25, 0.3) is 11.0 Å². The number of carbonyl (C=O) groups excluding carboxylic acids is 1. The van der Waals surface area contributed by atoms with E-state index in [1.807, 2.05) is 20.0 Å². The zero-order valence-electron chi connectivity index (χ0n) is 14.0. The number of pyridine rings is 1. The number of hydrogen-bond donors (Lipinski definition) is 2. The van der Waals surface area contributed by atoms with Gasteiger partial charge in [0.05, 0.1) is 17.6 Å². The summed E-state index contributed by atoms with van der Waals surface area (Å²) in [5, 5.41) is 11.1. The van der Waals surface area contributed by atoms with E-state index in [9.17, 15) is 4.79 Å². The zero-order valence-corrected chi connectivity index (χ0v) is 14.0. The maximum absolute atomic E-state index is 12.1. The highest BCUT2D eigenvalue weighted by Gasteiger charge is 2.21. The van der Waals surface area contributed by atoms with E-state index in [0.717, 1.165) is 42.8 Å². The number of nitrogens with one attached hydrogen (secondary N) is 2. The molecular weight excluding hydrogens is 292 g/mol. The van der Waals surface area contributed by atoms with Crippen LogP contribution in [0, 0.1) is 12.8 Å². The van der Waals surface area contributed by atoms with E-state index in [1.165, 1.54) is 0 Å². The van der Waals surface area contributed by atoms with Crippen LogP contribution in [-0.4, -0.2) is 51.9 Å². The van der Waals surface area contributed by atoms with Crippen molar-refractivity contribution in [3.63, 3.8) is 0 Å². The summed E-state index contributed by atoms with van der Waals surface area (Å²) in [6, 6.07) is 1.74. The summed E-state index contributed by atoms with van der Waals surface area (Å²) in [5.74, 6) is 0.543. The number of likely N-dealkylation sites (tertiary alicyclic amines) is 1. The van der Waals surface area contributed by atoms with Gasteiger partial charge in [0.1, 0.15) is 0 Å². The van der Waals surface area contributed by atoms with Gasteiger partial charge in [-0.15, -0.1) is 0 Å². The van der Waals surface area contributed by atoms with Gasteiger partial charge < -0.3 is 15.5 Å². The van der Waals surface area contributed by atoms with Crippen LogP contribution in [0.1, 0.15) is 19.0 Å². The second-order valence-electron chi connectivity index (χ2n) is 6.19. The minimum absolute atomic E-state index is 0.178. The molecule has 1 aliphatic heterocycles. The van der Waals surface area contributed by atoms with Crippen LogP contribution in [0.15, 0.2) is 12.3 Å². The molecule has 2 amide bonds. The number of rotatable bonds is 4. The molecule has 1 fully saturated rings. The third-order valence-electron chi connectivity index (χ3n) is 4.49. The molecule has 0 aromatic carbocycles. The van der Waals surface area contributed by atoms with Gasteiger partial charge in [-0.2, -0.15) is 5.10 Å². The van der Waals surface area contributed by atoms with Crippen molar-refractivity contribution in [3.05, 3.63) is 18.0 Å². The summed E-state index contributed by atoms with van der Waals surface area (Å²) in [6.45, 7) is 8.10. The standard InChI is InChI=1S/C16H24N6O/c1-4-22-6-5-12(10-22)8-18-16(23)19-13-7-14-11(2)20-21(3)15(14)17-9-13/h7,9,12H,4-6,8,10H2,1-3H3,(H2,18,19,23)/t12-/m0/s1.